The lowest BCUT2D eigenvalue weighted by molar-refractivity contribution is 0.195. The van der Waals surface area contributed by atoms with Gasteiger partial charge >= 0.3 is 0 Å². The number of rotatable bonds is 3. The average Bonchev–Trinajstić information content (AvgIpc) is 2.70. The van der Waals surface area contributed by atoms with Crippen molar-refractivity contribution in [1.29, 1.82) is 0 Å². The number of aliphatic hydroxyl groups excluding tert-OH is 1. The maximum absolute atomic E-state index is 9.45. The van der Waals surface area contributed by atoms with Gasteiger partial charge in [0.1, 0.15) is 0 Å². The van der Waals surface area contributed by atoms with Gasteiger partial charge in [-0.25, -0.2) is 0 Å². The van der Waals surface area contributed by atoms with E-state index in [2.05, 4.69) is 29.2 Å². The van der Waals surface area contributed by atoms with Crippen LogP contribution in [0.1, 0.15) is 25.3 Å². The van der Waals surface area contributed by atoms with Crippen molar-refractivity contribution in [1.82, 2.24) is 0 Å². The van der Waals surface area contributed by atoms with Crippen molar-refractivity contribution in [3.8, 4) is 0 Å². The molecule has 0 unspecified atom stereocenters. The highest BCUT2D eigenvalue weighted by Gasteiger charge is 2.15. The van der Waals surface area contributed by atoms with Crippen molar-refractivity contribution < 1.29 is 5.11 Å². The van der Waals surface area contributed by atoms with E-state index in [1.54, 1.807) is 0 Å². The van der Waals surface area contributed by atoms with Gasteiger partial charge in [-0.2, -0.15) is 0 Å². The van der Waals surface area contributed by atoms with Crippen LogP contribution in [0.25, 0.3) is 0 Å². The van der Waals surface area contributed by atoms with Crippen molar-refractivity contribution >= 4 is 5.69 Å². The van der Waals surface area contributed by atoms with Gasteiger partial charge in [-0.15, -0.1) is 0 Å². The van der Waals surface area contributed by atoms with E-state index in [9.17, 15) is 5.11 Å². The third-order valence-corrected chi connectivity index (χ3v) is 2.95. The lowest BCUT2D eigenvalue weighted by atomic mass is 10.1. The van der Waals surface area contributed by atoms with Crippen LogP contribution in [0.5, 0.6) is 0 Å². The second kappa shape index (κ2) is 4.67. The minimum atomic E-state index is -0.256. The van der Waals surface area contributed by atoms with Crippen LogP contribution in [0.2, 0.25) is 0 Å². The first-order valence-corrected chi connectivity index (χ1v) is 5.78. The Morgan fingerprint density at radius 3 is 2.60 bits per heavy atom. The fourth-order valence-electron chi connectivity index (χ4n) is 2.27. The zero-order valence-electron chi connectivity index (χ0n) is 9.32. The van der Waals surface area contributed by atoms with Crippen molar-refractivity contribution in [3.63, 3.8) is 0 Å². The average molecular weight is 205 g/mol. The lowest BCUT2D eigenvalue weighted by Gasteiger charge is -2.21. The molecule has 1 aromatic carbocycles. The Bertz CT molecular complexity index is 316. The molecule has 2 rings (SSSR count). The molecule has 1 atom stereocenters. The van der Waals surface area contributed by atoms with E-state index in [1.165, 1.54) is 24.1 Å². The highest BCUT2D eigenvalue weighted by Crippen LogP contribution is 2.25. The number of benzene rings is 1. The van der Waals surface area contributed by atoms with E-state index >= 15 is 0 Å². The number of anilines is 1. The number of nitrogens with zero attached hydrogens (tertiary/aromatic N) is 1. The Morgan fingerprint density at radius 1 is 1.27 bits per heavy atom. The molecule has 2 heteroatoms. The topological polar surface area (TPSA) is 23.5 Å². The minimum absolute atomic E-state index is 0.256. The van der Waals surface area contributed by atoms with E-state index in [0.717, 1.165) is 19.5 Å². The molecular weight excluding hydrogens is 186 g/mol. The highest BCUT2D eigenvalue weighted by molar-refractivity contribution is 5.54. The van der Waals surface area contributed by atoms with Gasteiger partial charge in [0.25, 0.3) is 0 Å². The number of para-hydroxylation sites is 1. The van der Waals surface area contributed by atoms with Crippen LogP contribution in [-0.2, 0) is 6.42 Å². The van der Waals surface area contributed by atoms with Crippen LogP contribution >= 0.6 is 0 Å². The summed E-state index contributed by atoms with van der Waals surface area (Å²) in [4.78, 5) is 2.43. The molecule has 2 nitrogen and oxygen atoms in total. The molecule has 1 aromatic rings. The molecule has 0 aliphatic carbocycles. The molecule has 82 valence electrons. The molecule has 0 spiro atoms. The lowest BCUT2D eigenvalue weighted by Crippen LogP contribution is -2.20. The van der Waals surface area contributed by atoms with Crippen molar-refractivity contribution in [2.45, 2.75) is 32.3 Å². The molecule has 15 heavy (non-hydrogen) atoms. The Balaban J connectivity index is 2.20. The maximum atomic E-state index is 9.45. The van der Waals surface area contributed by atoms with Crippen LogP contribution in [-0.4, -0.2) is 24.3 Å². The van der Waals surface area contributed by atoms with Gasteiger partial charge < -0.3 is 10.0 Å². The monoisotopic (exact) mass is 205 g/mol. The first-order chi connectivity index (χ1) is 7.27. The summed E-state index contributed by atoms with van der Waals surface area (Å²) in [6.45, 7) is 4.18. The molecule has 1 N–H and O–H groups in total. The third-order valence-electron chi connectivity index (χ3n) is 2.95. The zero-order chi connectivity index (χ0) is 10.7. The standard InChI is InChI=1S/C13H19NO/c1-11(15)10-12-6-2-3-7-13(12)14-8-4-5-9-14/h2-3,6-7,11,15H,4-5,8-10H2,1H3/t11-/m1/s1. The molecule has 1 heterocycles. The Morgan fingerprint density at radius 2 is 1.93 bits per heavy atom. The zero-order valence-corrected chi connectivity index (χ0v) is 9.32. The SMILES string of the molecule is C[C@@H](O)Cc1ccccc1N1CCCC1. The summed E-state index contributed by atoms with van der Waals surface area (Å²) in [6, 6.07) is 8.43. The summed E-state index contributed by atoms with van der Waals surface area (Å²) in [5, 5.41) is 9.45. The number of hydrogen-bond donors (Lipinski definition) is 1. The van der Waals surface area contributed by atoms with Gasteiger partial charge in [0, 0.05) is 25.2 Å². The summed E-state index contributed by atoms with van der Waals surface area (Å²) in [5.41, 5.74) is 2.59. The van der Waals surface area contributed by atoms with Crippen molar-refractivity contribution in [3.05, 3.63) is 29.8 Å². The van der Waals surface area contributed by atoms with Crippen LogP contribution in [0.15, 0.2) is 24.3 Å². The van der Waals surface area contributed by atoms with Crippen molar-refractivity contribution in [2.75, 3.05) is 18.0 Å². The first kappa shape index (κ1) is 10.5. The molecule has 0 bridgehead atoms. The maximum Gasteiger partial charge on any atom is 0.0553 e. The molecule has 0 saturated carbocycles. The fourth-order valence-corrected chi connectivity index (χ4v) is 2.27. The minimum Gasteiger partial charge on any atom is -0.393 e. The van der Waals surface area contributed by atoms with E-state index in [0.29, 0.717) is 0 Å². The molecular formula is C13H19NO. The van der Waals surface area contributed by atoms with Crippen LogP contribution < -0.4 is 4.90 Å². The van der Waals surface area contributed by atoms with Crippen LogP contribution in [0.3, 0.4) is 0 Å². The second-order valence-electron chi connectivity index (χ2n) is 4.38. The largest absolute Gasteiger partial charge is 0.393 e. The number of hydrogen-bond acceptors (Lipinski definition) is 2. The van der Waals surface area contributed by atoms with E-state index in [-0.39, 0.29) is 6.10 Å². The van der Waals surface area contributed by atoms with E-state index < -0.39 is 0 Å². The van der Waals surface area contributed by atoms with Gasteiger partial charge in [0.05, 0.1) is 6.10 Å². The smallest absolute Gasteiger partial charge is 0.0553 e. The Hall–Kier alpha value is -1.02. The van der Waals surface area contributed by atoms with Gasteiger partial charge in [0.2, 0.25) is 0 Å². The first-order valence-electron chi connectivity index (χ1n) is 5.78. The normalized spacial score (nSPS) is 18.1. The third kappa shape index (κ3) is 2.51. The van der Waals surface area contributed by atoms with Gasteiger partial charge in [-0.1, -0.05) is 18.2 Å². The summed E-state index contributed by atoms with van der Waals surface area (Å²) in [6.07, 6.45) is 3.09. The van der Waals surface area contributed by atoms with Crippen LogP contribution in [0.4, 0.5) is 5.69 Å². The van der Waals surface area contributed by atoms with Gasteiger partial charge in [0.15, 0.2) is 0 Å². The fraction of sp³-hybridized carbons (Fsp3) is 0.538. The Labute approximate surface area is 91.5 Å². The molecule has 1 fully saturated rings. The quantitative estimate of drug-likeness (QED) is 0.817. The van der Waals surface area contributed by atoms with Crippen molar-refractivity contribution in [2.24, 2.45) is 0 Å². The van der Waals surface area contributed by atoms with Crippen LogP contribution in [0, 0.1) is 0 Å². The van der Waals surface area contributed by atoms with E-state index in [4.69, 9.17) is 0 Å². The van der Waals surface area contributed by atoms with Gasteiger partial charge in [-0.05, 0) is 31.4 Å². The molecule has 1 aliphatic rings. The molecule has 1 saturated heterocycles. The van der Waals surface area contributed by atoms with Gasteiger partial charge in [-0.3, -0.25) is 0 Å². The van der Waals surface area contributed by atoms with E-state index in [1.807, 2.05) is 6.92 Å². The molecule has 0 radical (unpaired) electrons. The summed E-state index contributed by atoms with van der Waals surface area (Å²) in [5.74, 6) is 0. The molecule has 0 amide bonds. The molecule has 1 aliphatic heterocycles. The summed E-state index contributed by atoms with van der Waals surface area (Å²) < 4.78 is 0. The summed E-state index contributed by atoms with van der Waals surface area (Å²) >= 11 is 0. The predicted octanol–water partition coefficient (Wildman–Crippen LogP) is 2.21. The predicted molar refractivity (Wildman–Crippen MR) is 63.3 cm³/mol. The molecule has 0 aromatic heterocycles. The summed E-state index contributed by atoms with van der Waals surface area (Å²) in [7, 11) is 0. The Kier molecular flexibility index (Phi) is 3.27. The highest BCUT2D eigenvalue weighted by atomic mass is 16.3. The number of aliphatic hydroxyl groups is 1. The second-order valence-corrected chi connectivity index (χ2v) is 4.38.